The minimum atomic E-state index is 0.426. The first-order chi connectivity index (χ1) is 9.90. The largest absolute Gasteiger partial charge is 0.497 e. The van der Waals surface area contributed by atoms with Gasteiger partial charge in [0.1, 0.15) is 5.75 Å². The highest BCUT2D eigenvalue weighted by Crippen LogP contribution is 2.34. The van der Waals surface area contributed by atoms with Crippen LogP contribution in [0.3, 0.4) is 0 Å². The van der Waals surface area contributed by atoms with E-state index in [-0.39, 0.29) is 0 Å². The lowest BCUT2D eigenvalue weighted by Crippen LogP contribution is -2.26. The molecule has 118 valence electrons. The fourth-order valence-corrected chi connectivity index (χ4v) is 3.26. The van der Waals surface area contributed by atoms with E-state index in [1.807, 2.05) is 12.1 Å². The lowest BCUT2D eigenvalue weighted by Gasteiger charge is -2.29. The third-order valence-corrected chi connectivity index (χ3v) is 4.79. The van der Waals surface area contributed by atoms with Crippen LogP contribution in [-0.4, -0.2) is 25.1 Å². The van der Waals surface area contributed by atoms with E-state index in [9.17, 15) is 0 Å². The van der Waals surface area contributed by atoms with Crippen LogP contribution in [0.4, 0.5) is 5.69 Å². The number of nitrogens with zero attached hydrogens (tertiary/aromatic N) is 1. The summed E-state index contributed by atoms with van der Waals surface area (Å²) in [6.45, 7) is 10.4. The van der Waals surface area contributed by atoms with Gasteiger partial charge in [-0.05, 0) is 55.3 Å². The number of nitrogens with two attached hydrogens (primary N) is 1. The molecule has 1 atom stereocenters. The minimum Gasteiger partial charge on any atom is -0.497 e. The van der Waals surface area contributed by atoms with Gasteiger partial charge in [0.15, 0.2) is 0 Å². The summed E-state index contributed by atoms with van der Waals surface area (Å²) in [7, 11) is 1.68. The third kappa shape index (κ3) is 4.37. The maximum absolute atomic E-state index is 6.14. The molecular weight excluding hydrogens is 260 g/mol. The Hall–Kier alpha value is -1.22. The molecule has 2 rings (SSSR count). The number of anilines is 1. The second kappa shape index (κ2) is 6.69. The van der Waals surface area contributed by atoms with E-state index in [1.165, 1.54) is 37.9 Å². The van der Waals surface area contributed by atoms with Crippen LogP contribution in [0.1, 0.15) is 45.6 Å². The van der Waals surface area contributed by atoms with Gasteiger partial charge in [-0.1, -0.05) is 26.8 Å². The van der Waals surface area contributed by atoms with Gasteiger partial charge in [0.2, 0.25) is 0 Å². The van der Waals surface area contributed by atoms with Crippen LogP contribution in [0.25, 0.3) is 0 Å². The Morgan fingerprint density at radius 1 is 1.24 bits per heavy atom. The van der Waals surface area contributed by atoms with Gasteiger partial charge >= 0.3 is 0 Å². The molecule has 0 aromatic heterocycles. The molecule has 1 aromatic carbocycles. The topological polar surface area (TPSA) is 38.5 Å². The summed E-state index contributed by atoms with van der Waals surface area (Å²) in [5.41, 5.74) is 8.62. The van der Waals surface area contributed by atoms with Gasteiger partial charge in [0.05, 0.1) is 7.11 Å². The zero-order chi connectivity index (χ0) is 15.5. The Balaban J connectivity index is 1.98. The van der Waals surface area contributed by atoms with E-state index in [2.05, 4.69) is 31.7 Å². The molecule has 3 heteroatoms. The first-order valence-corrected chi connectivity index (χ1v) is 8.05. The number of likely N-dealkylation sites (tertiary alicyclic amines) is 1. The molecule has 1 aliphatic rings. The van der Waals surface area contributed by atoms with Gasteiger partial charge in [-0.15, -0.1) is 0 Å². The van der Waals surface area contributed by atoms with Crippen molar-refractivity contribution in [2.24, 2.45) is 11.3 Å². The Morgan fingerprint density at radius 3 is 2.62 bits per heavy atom. The first kappa shape index (κ1) is 16.2. The van der Waals surface area contributed by atoms with Crippen LogP contribution in [0.5, 0.6) is 5.75 Å². The summed E-state index contributed by atoms with van der Waals surface area (Å²) in [4.78, 5) is 2.55. The molecule has 0 spiro atoms. The van der Waals surface area contributed by atoms with Gasteiger partial charge in [-0.3, -0.25) is 4.90 Å². The molecule has 0 saturated carbocycles. The molecule has 1 unspecified atom stereocenters. The predicted octanol–water partition coefficient (Wildman–Crippen LogP) is 3.93. The average Bonchev–Trinajstić information content (AvgIpc) is 2.66. The van der Waals surface area contributed by atoms with Crippen molar-refractivity contribution in [1.82, 2.24) is 4.90 Å². The number of hydrogen-bond acceptors (Lipinski definition) is 3. The monoisotopic (exact) mass is 290 g/mol. The molecule has 1 aliphatic heterocycles. The van der Waals surface area contributed by atoms with Crippen LogP contribution in [0, 0.1) is 11.3 Å². The lowest BCUT2D eigenvalue weighted by molar-refractivity contribution is 0.206. The zero-order valence-corrected chi connectivity index (χ0v) is 14.0. The summed E-state index contributed by atoms with van der Waals surface area (Å²) in [6, 6.07) is 6.02. The maximum Gasteiger partial charge on any atom is 0.120 e. The van der Waals surface area contributed by atoms with Gasteiger partial charge in [0, 0.05) is 18.3 Å². The molecule has 21 heavy (non-hydrogen) atoms. The van der Waals surface area contributed by atoms with E-state index in [0.29, 0.717) is 5.41 Å². The number of benzene rings is 1. The highest BCUT2D eigenvalue weighted by molar-refractivity contribution is 5.51. The van der Waals surface area contributed by atoms with E-state index in [1.54, 1.807) is 7.11 Å². The first-order valence-electron chi connectivity index (χ1n) is 8.05. The molecule has 0 radical (unpaired) electrons. The highest BCUT2D eigenvalue weighted by atomic mass is 16.5. The van der Waals surface area contributed by atoms with Crippen molar-refractivity contribution in [3.63, 3.8) is 0 Å². The van der Waals surface area contributed by atoms with Crippen molar-refractivity contribution in [3.05, 3.63) is 23.8 Å². The second-order valence-electron chi connectivity index (χ2n) is 7.33. The lowest BCUT2D eigenvalue weighted by atomic mass is 9.77. The zero-order valence-electron chi connectivity index (χ0n) is 14.0. The van der Waals surface area contributed by atoms with E-state index in [4.69, 9.17) is 10.5 Å². The number of nitrogen functional groups attached to an aromatic ring is 1. The number of hydrogen-bond donors (Lipinski definition) is 1. The minimum absolute atomic E-state index is 0.426. The standard InChI is InChI=1S/C18H30N2O/c1-18(2,3)15-6-5-10-20(11-9-15)13-14-7-8-16(21-4)12-17(14)19/h7-8,12,15H,5-6,9-11,13,19H2,1-4H3. The van der Waals surface area contributed by atoms with Crippen molar-refractivity contribution in [2.75, 3.05) is 25.9 Å². The van der Waals surface area contributed by atoms with Crippen LogP contribution < -0.4 is 10.5 Å². The van der Waals surface area contributed by atoms with Crippen molar-refractivity contribution >= 4 is 5.69 Å². The summed E-state index contributed by atoms with van der Waals surface area (Å²) in [6.07, 6.45) is 3.93. The summed E-state index contributed by atoms with van der Waals surface area (Å²) in [5, 5.41) is 0. The van der Waals surface area contributed by atoms with Crippen molar-refractivity contribution in [3.8, 4) is 5.75 Å². The highest BCUT2D eigenvalue weighted by Gasteiger charge is 2.27. The molecule has 0 bridgehead atoms. The molecule has 2 N–H and O–H groups in total. The molecule has 1 aromatic rings. The SMILES string of the molecule is COc1ccc(CN2CCCC(C(C)(C)C)CC2)c(N)c1. The third-order valence-electron chi connectivity index (χ3n) is 4.79. The molecule has 1 fully saturated rings. The Bertz CT molecular complexity index is 465. The molecular formula is C18H30N2O. The van der Waals surface area contributed by atoms with Gasteiger partial charge in [-0.2, -0.15) is 0 Å². The Labute approximate surface area is 129 Å². The fraction of sp³-hybridized carbons (Fsp3) is 0.667. The molecule has 1 heterocycles. The second-order valence-corrected chi connectivity index (χ2v) is 7.33. The van der Waals surface area contributed by atoms with Gasteiger partial charge in [-0.25, -0.2) is 0 Å². The van der Waals surface area contributed by atoms with E-state index >= 15 is 0 Å². The quantitative estimate of drug-likeness (QED) is 0.857. The smallest absolute Gasteiger partial charge is 0.120 e. The summed E-state index contributed by atoms with van der Waals surface area (Å²) < 4.78 is 5.22. The van der Waals surface area contributed by atoms with Crippen molar-refractivity contribution in [2.45, 2.75) is 46.6 Å². The van der Waals surface area contributed by atoms with Crippen molar-refractivity contribution < 1.29 is 4.74 Å². The average molecular weight is 290 g/mol. The molecule has 0 aliphatic carbocycles. The maximum atomic E-state index is 6.14. The summed E-state index contributed by atoms with van der Waals surface area (Å²) >= 11 is 0. The molecule has 1 saturated heterocycles. The molecule has 0 amide bonds. The van der Waals surface area contributed by atoms with Crippen LogP contribution in [0.15, 0.2) is 18.2 Å². The summed E-state index contributed by atoms with van der Waals surface area (Å²) in [5.74, 6) is 1.66. The van der Waals surface area contributed by atoms with E-state index < -0.39 is 0 Å². The Kier molecular flexibility index (Phi) is 5.15. The fourth-order valence-electron chi connectivity index (χ4n) is 3.26. The normalized spacial score (nSPS) is 21.0. The van der Waals surface area contributed by atoms with Gasteiger partial charge < -0.3 is 10.5 Å². The van der Waals surface area contributed by atoms with Crippen LogP contribution in [0.2, 0.25) is 0 Å². The number of methoxy groups -OCH3 is 1. The van der Waals surface area contributed by atoms with Crippen LogP contribution in [-0.2, 0) is 6.54 Å². The number of ether oxygens (including phenoxy) is 1. The van der Waals surface area contributed by atoms with Gasteiger partial charge in [0.25, 0.3) is 0 Å². The van der Waals surface area contributed by atoms with Crippen LogP contribution >= 0.6 is 0 Å². The predicted molar refractivity (Wildman–Crippen MR) is 89.5 cm³/mol. The Morgan fingerprint density at radius 2 is 2.00 bits per heavy atom. The number of rotatable bonds is 3. The van der Waals surface area contributed by atoms with Crippen molar-refractivity contribution in [1.29, 1.82) is 0 Å². The van der Waals surface area contributed by atoms with E-state index in [0.717, 1.165) is 23.9 Å². The molecule has 3 nitrogen and oxygen atoms in total.